The van der Waals surface area contributed by atoms with E-state index in [1.54, 1.807) is 0 Å². The van der Waals surface area contributed by atoms with Crippen LogP contribution in [0.3, 0.4) is 0 Å². The highest BCUT2D eigenvalue weighted by Crippen LogP contribution is 2.52. The van der Waals surface area contributed by atoms with E-state index in [2.05, 4.69) is 22.0 Å². The van der Waals surface area contributed by atoms with Crippen molar-refractivity contribution in [2.45, 2.75) is 57.0 Å². The molecule has 4 atom stereocenters. The van der Waals surface area contributed by atoms with Crippen LogP contribution in [-0.2, 0) is 10.2 Å². The normalized spacial score (nSPS) is 23.1. The molecule has 0 bridgehead atoms. The number of nitriles is 1. The third kappa shape index (κ3) is 6.20. The predicted molar refractivity (Wildman–Crippen MR) is 143 cm³/mol. The van der Waals surface area contributed by atoms with Gasteiger partial charge in [0.1, 0.15) is 17.0 Å². The molecule has 204 valence electrons. The molecule has 38 heavy (non-hydrogen) atoms. The van der Waals surface area contributed by atoms with E-state index in [9.17, 15) is 14.9 Å². The average Bonchev–Trinajstić information content (AvgIpc) is 3.13. The SMILES string of the molecule is CC(C)(C)C[C@@H]1N[C@@H](C(=O)NCCCNC(N)=O)[C@H](c2cccc(Cl)c2F)[C@@]1(C#N)c1ccc(Cl)cc1F. The van der Waals surface area contributed by atoms with Gasteiger partial charge in [-0.05, 0) is 42.0 Å². The lowest BCUT2D eigenvalue weighted by atomic mass is 9.62. The molecule has 11 heteroatoms. The summed E-state index contributed by atoms with van der Waals surface area (Å²) in [6.07, 6.45) is 0.756. The van der Waals surface area contributed by atoms with Crippen LogP contribution in [0.1, 0.15) is 50.7 Å². The average molecular weight is 566 g/mol. The molecule has 0 unspecified atom stereocenters. The highest BCUT2D eigenvalue weighted by Gasteiger charge is 2.61. The molecule has 7 nitrogen and oxygen atoms in total. The minimum atomic E-state index is -1.69. The smallest absolute Gasteiger partial charge is 0.312 e. The van der Waals surface area contributed by atoms with Crippen LogP contribution < -0.4 is 21.7 Å². The molecule has 3 amide bonds. The first kappa shape index (κ1) is 29.6. The van der Waals surface area contributed by atoms with Crippen LogP contribution in [0, 0.1) is 28.4 Å². The number of primary amides is 1. The second-order valence-electron chi connectivity index (χ2n) is 10.6. The number of carbonyl (C=O) groups is 2. The fourth-order valence-electron chi connectivity index (χ4n) is 5.18. The van der Waals surface area contributed by atoms with Crippen molar-refractivity contribution in [2.75, 3.05) is 13.1 Å². The summed E-state index contributed by atoms with van der Waals surface area (Å²) in [5, 5.41) is 19.2. The van der Waals surface area contributed by atoms with Crippen molar-refractivity contribution in [1.29, 1.82) is 5.26 Å². The van der Waals surface area contributed by atoms with Crippen LogP contribution in [0.2, 0.25) is 10.0 Å². The quantitative estimate of drug-likeness (QED) is 0.344. The molecule has 1 aliphatic rings. The first-order valence-electron chi connectivity index (χ1n) is 12.2. The lowest BCUT2D eigenvalue weighted by Gasteiger charge is -2.37. The number of amides is 3. The molecule has 1 fully saturated rings. The summed E-state index contributed by atoms with van der Waals surface area (Å²) in [5.41, 5.74) is 3.07. The summed E-state index contributed by atoms with van der Waals surface area (Å²) in [4.78, 5) is 24.4. The van der Waals surface area contributed by atoms with E-state index < -0.39 is 47.0 Å². The Balaban J connectivity index is 2.17. The van der Waals surface area contributed by atoms with Gasteiger partial charge in [-0.15, -0.1) is 0 Å². The van der Waals surface area contributed by atoms with Crippen molar-refractivity contribution in [2.24, 2.45) is 11.1 Å². The maximum atomic E-state index is 15.6. The second-order valence-corrected chi connectivity index (χ2v) is 11.5. The molecule has 5 N–H and O–H groups in total. The van der Waals surface area contributed by atoms with E-state index >= 15 is 8.78 Å². The van der Waals surface area contributed by atoms with Gasteiger partial charge in [0.05, 0.1) is 17.1 Å². The number of rotatable bonds is 8. The van der Waals surface area contributed by atoms with Gasteiger partial charge < -0.3 is 21.7 Å². The maximum Gasteiger partial charge on any atom is 0.312 e. The number of halogens is 4. The number of carbonyl (C=O) groups excluding carboxylic acids is 2. The monoisotopic (exact) mass is 565 g/mol. The van der Waals surface area contributed by atoms with Crippen molar-refractivity contribution in [3.8, 4) is 6.07 Å². The standard InChI is InChI=1S/C27H31Cl2F2N5O2/c1-26(2,3)13-20-27(14-32,17-9-8-15(28)12-19(17)30)21(16-6-4-7-18(29)22(16)31)23(36-20)24(37)34-10-5-11-35-25(33)38/h4,6-9,12,20-21,23,36H,5,10-11,13H2,1-3H3,(H,34,37)(H3,33,35,38)/t20-,21-,23+,27-/m0/s1. The van der Waals surface area contributed by atoms with Crippen LogP contribution in [0.15, 0.2) is 36.4 Å². The molecule has 1 aliphatic heterocycles. The van der Waals surface area contributed by atoms with Crippen LogP contribution in [0.4, 0.5) is 13.6 Å². The minimum absolute atomic E-state index is 0.0106. The van der Waals surface area contributed by atoms with Crippen molar-refractivity contribution in [3.05, 3.63) is 69.2 Å². The molecule has 0 aliphatic carbocycles. The number of nitrogens with two attached hydrogens (primary N) is 1. The first-order valence-corrected chi connectivity index (χ1v) is 12.9. The zero-order valence-electron chi connectivity index (χ0n) is 21.4. The number of nitrogens with one attached hydrogen (secondary N) is 3. The van der Waals surface area contributed by atoms with E-state index in [-0.39, 0.29) is 39.7 Å². The fraction of sp³-hybridized carbons (Fsp3) is 0.444. The molecule has 1 heterocycles. The Morgan fingerprint density at radius 1 is 1.16 bits per heavy atom. The Kier molecular flexibility index (Phi) is 9.24. The van der Waals surface area contributed by atoms with Crippen LogP contribution in [-0.4, -0.2) is 37.1 Å². The Morgan fingerprint density at radius 2 is 1.84 bits per heavy atom. The Labute approximate surface area is 231 Å². The van der Waals surface area contributed by atoms with Gasteiger partial charge in [-0.1, -0.05) is 62.2 Å². The second kappa shape index (κ2) is 11.9. The topological polar surface area (TPSA) is 120 Å². The number of benzene rings is 2. The van der Waals surface area contributed by atoms with Gasteiger partial charge >= 0.3 is 6.03 Å². The van der Waals surface area contributed by atoms with Gasteiger partial charge in [-0.25, -0.2) is 13.6 Å². The molecule has 3 rings (SSSR count). The van der Waals surface area contributed by atoms with Gasteiger partial charge in [0.15, 0.2) is 0 Å². The molecule has 0 aromatic heterocycles. The summed E-state index contributed by atoms with van der Waals surface area (Å²) < 4.78 is 31.1. The molecular formula is C27H31Cl2F2N5O2. The number of hydrogen-bond donors (Lipinski definition) is 4. The van der Waals surface area contributed by atoms with Crippen molar-refractivity contribution < 1.29 is 18.4 Å². The van der Waals surface area contributed by atoms with Crippen molar-refractivity contribution in [3.63, 3.8) is 0 Å². The third-order valence-electron chi connectivity index (χ3n) is 6.68. The van der Waals surface area contributed by atoms with Crippen molar-refractivity contribution in [1.82, 2.24) is 16.0 Å². The van der Waals surface area contributed by atoms with Gasteiger partial charge in [-0.3, -0.25) is 4.79 Å². The maximum absolute atomic E-state index is 15.6. The first-order chi connectivity index (χ1) is 17.8. The van der Waals surface area contributed by atoms with Crippen LogP contribution in [0.5, 0.6) is 0 Å². The van der Waals surface area contributed by atoms with E-state index in [0.717, 1.165) is 6.07 Å². The van der Waals surface area contributed by atoms with Gasteiger partial charge in [0.2, 0.25) is 5.91 Å². The predicted octanol–water partition coefficient (Wildman–Crippen LogP) is 4.77. The Bertz CT molecular complexity index is 1250. The highest BCUT2D eigenvalue weighted by atomic mass is 35.5. The van der Waals surface area contributed by atoms with E-state index in [1.807, 2.05) is 20.8 Å². The van der Waals surface area contributed by atoms with Gasteiger partial charge in [0.25, 0.3) is 0 Å². The Morgan fingerprint density at radius 3 is 2.45 bits per heavy atom. The van der Waals surface area contributed by atoms with Gasteiger partial charge in [0, 0.05) is 35.6 Å². The number of nitrogens with zero attached hydrogens (tertiary/aromatic N) is 1. The number of urea groups is 1. The molecule has 1 saturated heterocycles. The summed E-state index contributed by atoms with van der Waals surface area (Å²) in [7, 11) is 0. The molecule has 2 aromatic carbocycles. The minimum Gasteiger partial charge on any atom is -0.355 e. The Hall–Kier alpha value is -2.93. The third-order valence-corrected chi connectivity index (χ3v) is 7.21. The zero-order valence-corrected chi connectivity index (χ0v) is 22.9. The van der Waals surface area contributed by atoms with Crippen LogP contribution >= 0.6 is 23.2 Å². The molecule has 0 saturated carbocycles. The summed E-state index contributed by atoms with van der Waals surface area (Å²) in [6, 6.07) is 8.13. The van der Waals surface area contributed by atoms with Crippen LogP contribution in [0.25, 0.3) is 0 Å². The van der Waals surface area contributed by atoms with E-state index in [0.29, 0.717) is 12.8 Å². The lowest BCUT2D eigenvalue weighted by Crippen LogP contribution is -2.46. The van der Waals surface area contributed by atoms with Gasteiger partial charge in [-0.2, -0.15) is 5.26 Å². The molecular weight excluding hydrogens is 535 g/mol. The van der Waals surface area contributed by atoms with E-state index in [1.165, 1.54) is 30.3 Å². The summed E-state index contributed by atoms with van der Waals surface area (Å²) >= 11 is 12.1. The molecule has 0 radical (unpaired) electrons. The largest absolute Gasteiger partial charge is 0.355 e. The van der Waals surface area contributed by atoms with E-state index in [4.69, 9.17) is 28.9 Å². The van der Waals surface area contributed by atoms with Crippen molar-refractivity contribution >= 4 is 35.1 Å². The zero-order chi connectivity index (χ0) is 28.3. The summed E-state index contributed by atoms with van der Waals surface area (Å²) in [5.74, 6) is -3.16. The molecule has 0 spiro atoms. The summed E-state index contributed by atoms with van der Waals surface area (Å²) in [6.45, 7) is 6.31. The highest BCUT2D eigenvalue weighted by molar-refractivity contribution is 6.31. The fourth-order valence-corrected chi connectivity index (χ4v) is 5.52. The molecule has 2 aromatic rings. The number of hydrogen-bond acceptors (Lipinski definition) is 4. The lowest BCUT2D eigenvalue weighted by molar-refractivity contribution is -0.123.